The van der Waals surface area contributed by atoms with Gasteiger partial charge in [-0.1, -0.05) is 6.42 Å². The van der Waals surface area contributed by atoms with Gasteiger partial charge in [0.1, 0.15) is 5.75 Å². The van der Waals surface area contributed by atoms with Crippen LogP contribution in [-0.2, 0) is 14.8 Å². The number of ether oxygens (including phenoxy) is 1. The van der Waals surface area contributed by atoms with Gasteiger partial charge < -0.3 is 9.84 Å². The molecule has 1 aromatic rings. The van der Waals surface area contributed by atoms with Crippen LogP contribution in [0.4, 0.5) is 0 Å². The first-order valence-electron chi connectivity index (χ1n) is 6.95. The number of carboxylic acid groups (broad SMARTS) is 1. The summed E-state index contributed by atoms with van der Waals surface area (Å²) < 4.78 is 31.6. The Bertz CT molecular complexity index is 576. The molecule has 6 nitrogen and oxygen atoms in total. The Hall–Kier alpha value is -1.60. The molecule has 116 valence electrons. The summed E-state index contributed by atoms with van der Waals surface area (Å²) in [6.07, 6.45) is 2.78. The van der Waals surface area contributed by atoms with Crippen molar-refractivity contribution in [2.45, 2.75) is 30.6 Å². The third-order valence-electron chi connectivity index (χ3n) is 3.36. The van der Waals surface area contributed by atoms with Crippen molar-refractivity contribution in [2.75, 3.05) is 19.7 Å². The van der Waals surface area contributed by atoms with Crippen LogP contribution in [0.25, 0.3) is 0 Å². The normalized spacial score (nSPS) is 16.6. The molecule has 2 rings (SSSR count). The summed E-state index contributed by atoms with van der Waals surface area (Å²) in [7, 11) is -3.43. The molecule has 1 N–H and O–H groups in total. The van der Waals surface area contributed by atoms with Crippen molar-refractivity contribution in [1.29, 1.82) is 0 Å². The zero-order valence-corrected chi connectivity index (χ0v) is 12.5. The molecule has 0 saturated carbocycles. The first-order chi connectivity index (χ1) is 10.00. The largest absolute Gasteiger partial charge is 0.493 e. The van der Waals surface area contributed by atoms with Gasteiger partial charge in [0.2, 0.25) is 10.0 Å². The minimum Gasteiger partial charge on any atom is -0.493 e. The van der Waals surface area contributed by atoms with Crippen molar-refractivity contribution in [3.63, 3.8) is 0 Å². The number of benzene rings is 1. The van der Waals surface area contributed by atoms with E-state index >= 15 is 0 Å². The first kappa shape index (κ1) is 15.8. The maximum Gasteiger partial charge on any atom is 0.306 e. The highest BCUT2D eigenvalue weighted by atomic mass is 32.2. The van der Waals surface area contributed by atoms with Gasteiger partial charge in [-0.25, -0.2) is 8.42 Å². The third kappa shape index (κ3) is 4.18. The van der Waals surface area contributed by atoms with E-state index in [-0.39, 0.29) is 17.9 Å². The topological polar surface area (TPSA) is 83.9 Å². The minimum absolute atomic E-state index is 0.0631. The highest BCUT2D eigenvalue weighted by Gasteiger charge is 2.25. The lowest BCUT2D eigenvalue weighted by Crippen LogP contribution is -2.35. The number of piperidine rings is 1. The van der Waals surface area contributed by atoms with Crippen LogP contribution in [0.1, 0.15) is 25.7 Å². The van der Waals surface area contributed by atoms with Gasteiger partial charge in [0, 0.05) is 13.1 Å². The molecule has 1 aliphatic rings. The van der Waals surface area contributed by atoms with E-state index in [0.29, 0.717) is 18.8 Å². The number of nitrogens with zero attached hydrogens (tertiary/aromatic N) is 1. The standard InChI is InChI=1S/C14H19NO5S/c16-14(17)8-11-20-12-4-6-13(7-5-12)21(18,19)15-9-2-1-3-10-15/h4-7H,1-3,8-11H2,(H,16,17). The fourth-order valence-corrected chi connectivity index (χ4v) is 3.74. The second kappa shape index (κ2) is 6.91. The first-order valence-corrected chi connectivity index (χ1v) is 8.39. The number of hydrogen-bond donors (Lipinski definition) is 1. The van der Waals surface area contributed by atoms with Crippen molar-refractivity contribution in [2.24, 2.45) is 0 Å². The summed E-state index contributed by atoms with van der Waals surface area (Å²) in [4.78, 5) is 10.6. The second-order valence-electron chi connectivity index (χ2n) is 4.93. The number of aliphatic carboxylic acids is 1. The Kier molecular flexibility index (Phi) is 5.19. The van der Waals surface area contributed by atoms with Crippen LogP contribution in [0.5, 0.6) is 5.75 Å². The van der Waals surface area contributed by atoms with E-state index in [1.165, 1.54) is 16.4 Å². The van der Waals surface area contributed by atoms with Gasteiger partial charge in [-0.2, -0.15) is 4.31 Å². The van der Waals surface area contributed by atoms with Gasteiger partial charge in [0.25, 0.3) is 0 Å². The van der Waals surface area contributed by atoms with E-state index in [2.05, 4.69) is 0 Å². The van der Waals surface area contributed by atoms with Crippen LogP contribution in [-0.4, -0.2) is 43.5 Å². The molecule has 0 amide bonds. The van der Waals surface area contributed by atoms with Gasteiger partial charge in [0.05, 0.1) is 17.9 Å². The zero-order valence-electron chi connectivity index (χ0n) is 11.7. The summed E-state index contributed by atoms with van der Waals surface area (Å²) >= 11 is 0. The van der Waals surface area contributed by atoms with E-state index in [4.69, 9.17) is 9.84 Å². The fraction of sp³-hybridized carbons (Fsp3) is 0.500. The average Bonchev–Trinajstić information content (AvgIpc) is 2.48. The molecule has 0 spiro atoms. The molecule has 0 atom stereocenters. The average molecular weight is 313 g/mol. The van der Waals surface area contributed by atoms with E-state index in [9.17, 15) is 13.2 Å². The molecule has 1 heterocycles. The van der Waals surface area contributed by atoms with Crippen LogP contribution in [0.3, 0.4) is 0 Å². The van der Waals surface area contributed by atoms with E-state index in [0.717, 1.165) is 19.3 Å². The smallest absolute Gasteiger partial charge is 0.306 e. The monoisotopic (exact) mass is 313 g/mol. The Labute approximate surface area is 124 Å². The van der Waals surface area contributed by atoms with Crippen LogP contribution < -0.4 is 4.74 Å². The summed E-state index contributed by atoms with van der Waals surface area (Å²) in [5.41, 5.74) is 0. The van der Waals surface area contributed by atoms with E-state index in [1.807, 2.05) is 0 Å². The third-order valence-corrected chi connectivity index (χ3v) is 5.27. The molecule has 1 fully saturated rings. The van der Waals surface area contributed by atoms with Crippen LogP contribution in [0.15, 0.2) is 29.2 Å². The molecular weight excluding hydrogens is 294 g/mol. The summed E-state index contributed by atoms with van der Waals surface area (Å²) in [5, 5.41) is 8.52. The highest BCUT2D eigenvalue weighted by Crippen LogP contribution is 2.22. The van der Waals surface area contributed by atoms with Crippen LogP contribution in [0, 0.1) is 0 Å². The van der Waals surface area contributed by atoms with Crippen LogP contribution in [0.2, 0.25) is 0 Å². The van der Waals surface area contributed by atoms with Gasteiger partial charge in [0.15, 0.2) is 0 Å². The molecule has 1 saturated heterocycles. The van der Waals surface area contributed by atoms with Gasteiger partial charge >= 0.3 is 5.97 Å². The Morgan fingerprint density at radius 1 is 1.14 bits per heavy atom. The maximum absolute atomic E-state index is 12.4. The Morgan fingerprint density at radius 2 is 1.76 bits per heavy atom. The molecule has 0 aliphatic carbocycles. The number of hydrogen-bond acceptors (Lipinski definition) is 4. The lowest BCUT2D eigenvalue weighted by Gasteiger charge is -2.25. The lowest BCUT2D eigenvalue weighted by molar-refractivity contribution is -0.137. The number of carboxylic acids is 1. The van der Waals surface area contributed by atoms with Crippen molar-refractivity contribution in [1.82, 2.24) is 4.31 Å². The summed E-state index contributed by atoms with van der Waals surface area (Å²) in [6, 6.07) is 6.11. The molecule has 1 aromatic carbocycles. The molecule has 0 unspecified atom stereocenters. The zero-order chi connectivity index (χ0) is 15.3. The van der Waals surface area contributed by atoms with Crippen molar-refractivity contribution < 1.29 is 23.1 Å². The van der Waals surface area contributed by atoms with Crippen LogP contribution >= 0.6 is 0 Å². The van der Waals surface area contributed by atoms with Crippen molar-refractivity contribution >= 4 is 16.0 Å². The molecule has 1 aliphatic heterocycles. The molecule has 0 aromatic heterocycles. The SMILES string of the molecule is O=C(O)CCOc1ccc(S(=O)(=O)N2CCCCC2)cc1. The molecular formula is C14H19NO5S. The summed E-state index contributed by atoms with van der Waals surface area (Å²) in [6.45, 7) is 1.20. The molecule has 0 radical (unpaired) electrons. The molecule has 7 heteroatoms. The number of sulfonamides is 1. The van der Waals surface area contributed by atoms with Gasteiger partial charge in [-0.3, -0.25) is 4.79 Å². The van der Waals surface area contributed by atoms with E-state index in [1.54, 1.807) is 12.1 Å². The molecule has 21 heavy (non-hydrogen) atoms. The van der Waals surface area contributed by atoms with Crippen molar-refractivity contribution in [3.05, 3.63) is 24.3 Å². The van der Waals surface area contributed by atoms with E-state index < -0.39 is 16.0 Å². The quantitative estimate of drug-likeness (QED) is 0.864. The number of rotatable bonds is 6. The molecule has 0 bridgehead atoms. The number of carbonyl (C=O) groups is 1. The maximum atomic E-state index is 12.4. The van der Waals surface area contributed by atoms with Crippen molar-refractivity contribution in [3.8, 4) is 5.75 Å². The van der Waals surface area contributed by atoms with Gasteiger partial charge in [-0.05, 0) is 37.1 Å². The minimum atomic E-state index is -3.43. The predicted molar refractivity (Wildman–Crippen MR) is 76.8 cm³/mol. The second-order valence-corrected chi connectivity index (χ2v) is 6.87. The Balaban J connectivity index is 2.02. The highest BCUT2D eigenvalue weighted by molar-refractivity contribution is 7.89. The lowest BCUT2D eigenvalue weighted by atomic mass is 10.2. The Morgan fingerprint density at radius 3 is 2.33 bits per heavy atom. The van der Waals surface area contributed by atoms with Gasteiger partial charge in [-0.15, -0.1) is 0 Å². The fourth-order valence-electron chi connectivity index (χ4n) is 2.22. The summed E-state index contributed by atoms with van der Waals surface area (Å²) in [5.74, 6) is -0.465. The predicted octanol–water partition coefficient (Wildman–Crippen LogP) is 1.71.